The standard InChI is InChI=1S/C10H13N5O3/c11-9-8-10(13-4-12-9)15(5-14-8)7-3-17-2-6(1-16)18-7/h4-7,16H,1-3H2,(H2,11,12,13)/t6-,7-/m1/s1. The second-order valence-corrected chi connectivity index (χ2v) is 4.02. The second-order valence-electron chi connectivity index (χ2n) is 4.02. The van der Waals surface area contributed by atoms with E-state index in [1.807, 2.05) is 0 Å². The molecule has 0 amide bonds. The number of rotatable bonds is 2. The lowest BCUT2D eigenvalue weighted by Crippen LogP contribution is -2.36. The van der Waals surface area contributed by atoms with Crippen LogP contribution in [0.5, 0.6) is 0 Å². The van der Waals surface area contributed by atoms with Crippen LogP contribution >= 0.6 is 0 Å². The molecule has 1 aliphatic rings. The van der Waals surface area contributed by atoms with Crippen LogP contribution in [-0.4, -0.2) is 50.6 Å². The van der Waals surface area contributed by atoms with Gasteiger partial charge in [-0.1, -0.05) is 0 Å². The van der Waals surface area contributed by atoms with Crippen LogP contribution in [0.3, 0.4) is 0 Å². The molecule has 3 N–H and O–H groups in total. The van der Waals surface area contributed by atoms with Crippen LogP contribution in [0.1, 0.15) is 6.23 Å². The number of nitrogens with zero attached hydrogens (tertiary/aromatic N) is 4. The molecule has 2 aromatic rings. The maximum Gasteiger partial charge on any atom is 0.167 e. The van der Waals surface area contributed by atoms with Crippen molar-refractivity contribution >= 4 is 17.0 Å². The number of imidazole rings is 1. The highest BCUT2D eigenvalue weighted by atomic mass is 16.6. The number of fused-ring (bicyclic) bond motifs is 1. The summed E-state index contributed by atoms with van der Waals surface area (Å²) < 4.78 is 12.8. The average molecular weight is 251 g/mol. The van der Waals surface area contributed by atoms with Crippen LogP contribution < -0.4 is 5.73 Å². The van der Waals surface area contributed by atoms with E-state index in [0.717, 1.165) is 0 Å². The maximum absolute atomic E-state index is 9.09. The highest BCUT2D eigenvalue weighted by Crippen LogP contribution is 2.23. The summed E-state index contributed by atoms with van der Waals surface area (Å²) in [6, 6.07) is 0. The summed E-state index contributed by atoms with van der Waals surface area (Å²) >= 11 is 0. The molecule has 0 radical (unpaired) electrons. The van der Waals surface area contributed by atoms with Gasteiger partial charge < -0.3 is 20.3 Å². The number of aliphatic hydroxyl groups is 1. The zero-order chi connectivity index (χ0) is 12.5. The van der Waals surface area contributed by atoms with Crippen molar-refractivity contribution in [3.8, 4) is 0 Å². The first kappa shape index (κ1) is 11.3. The van der Waals surface area contributed by atoms with E-state index in [0.29, 0.717) is 30.2 Å². The summed E-state index contributed by atoms with van der Waals surface area (Å²) in [4.78, 5) is 12.2. The first-order chi connectivity index (χ1) is 8.79. The smallest absolute Gasteiger partial charge is 0.167 e. The SMILES string of the molecule is Nc1ncnc2c1ncn2[C@H]1COC[C@@H](CO)O1. The van der Waals surface area contributed by atoms with Gasteiger partial charge in [0, 0.05) is 0 Å². The largest absolute Gasteiger partial charge is 0.394 e. The number of hydrogen-bond acceptors (Lipinski definition) is 7. The summed E-state index contributed by atoms with van der Waals surface area (Å²) in [5.74, 6) is 0.328. The zero-order valence-electron chi connectivity index (χ0n) is 9.56. The van der Waals surface area contributed by atoms with E-state index in [9.17, 15) is 0 Å². The Kier molecular flexibility index (Phi) is 2.82. The van der Waals surface area contributed by atoms with Crippen molar-refractivity contribution in [1.82, 2.24) is 19.5 Å². The third-order valence-corrected chi connectivity index (χ3v) is 2.81. The van der Waals surface area contributed by atoms with E-state index in [4.69, 9.17) is 20.3 Å². The number of nitrogen functional groups attached to an aromatic ring is 1. The molecule has 0 bridgehead atoms. The molecule has 0 spiro atoms. The van der Waals surface area contributed by atoms with Gasteiger partial charge in [-0.2, -0.15) is 0 Å². The van der Waals surface area contributed by atoms with Gasteiger partial charge in [-0.25, -0.2) is 15.0 Å². The normalized spacial score (nSPS) is 24.5. The fraction of sp³-hybridized carbons (Fsp3) is 0.500. The zero-order valence-corrected chi connectivity index (χ0v) is 9.56. The Morgan fingerprint density at radius 1 is 1.39 bits per heavy atom. The van der Waals surface area contributed by atoms with Gasteiger partial charge in [-0.05, 0) is 0 Å². The molecule has 2 aromatic heterocycles. The van der Waals surface area contributed by atoms with Gasteiger partial charge in [0.25, 0.3) is 0 Å². The first-order valence-electron chi connectivity index (χ1n) is 5.56. The highest BCUT2D eigenvalue weighted by Gasteiger charge is 2.25. The van der Waals surface area contributed by atoms with E-state index in [-0.39, 0.29) is 18.9 Å². The molecule has 0 aliphatic carbocycles. The highest BCUT2D eigenvalue weighted by molar-refractivity contribution is 5.81. The molecule has 1 fully saturated rings. The Bertz CT molecular complexity index is 557. The van der Waals surface area contributed by atoms with Gasteiger partial charge in [0.2, 0.25) is 0 Å². The van der Waals surface area contributed by atoms with E-state index in [2.05, 4.69) is 15.0 Å². The number of hydrogen-bond donors (Lipinski definition) is 2. The van der Waals surface area contributed by atoms with Crippen molar-refractivity contribution in [3.05, 3.63) is 12.7 Å². The summed E-state index contributed by atoms with van der Waals surface area (Å²) in [7, 11) is 0. The van der Waals surface area contributed by atoms with E-state index >= 15 is 0 Å². The van der Waals surface area contributed by atoms with Gasteiger partial charge in [0.1, 0.15) is 17.9 Å². The number of ether oxygens (including phenoxy) is 2. The van der Waals surface area contributed by atoms with Gasteiger partial charge in [0.05, 0.1) is 26.1 Å². The molecule has 3 rings (SSSR count). The molecule has 3 heterocycles. The lowest BCUT2D eigenvalue weighted by molar-refractivity contribution is -0.177. The monoisotopic (exact) mass is 251 g/mol. The van der Waals surface area contributed by atoms with Crippen LogP contribution in [0, 0.1) is 0 Å². The van der Waals surface area contributed by atoms with E-state index in [1.54, 1.807) is 10.9 Å². The Balaban J connectivity index is 1.96. The number of nitrogens with two attached hydrogens (primary N) is 1. The first-order valence-corrected chi connectivity index (χ1v) is 5.56. The van der Waals surface area contributed by atoms with Crippen molar-refractivity contribution in [2.24, 2.45) is 0 Å². The molecule has 0 saturated carbocycles. The summed E-state index contributed by atoms with van der Waals surface area (Å²) in [6.07, 6.45) is 2.27. The Hall–Kier alpha value is -1.77. The molecule has 0 unspecified atom stereocenters. The van der Waals surface area contributed by atoms with Crippen LogP contribution in [0.2, 0.25) is 0 Å². The molecular formula is C10H13N5O3. The maximum atomic E-state index is 9.09. The van der Waals surface area contributed by atoms with Crippen molar-refractivity contribution in [3.63, 3.8) is 0 Å². The van der Waals surface area contributed by atoms with Gasteiger partial charge >= 0.3 is 0 Å². The van der Waals surface area contributed by atoms with Crippen LogP contribution in [0.15, 0.2) is 12.7 Å². The molecule has 1 saturated heterocycles. The molecule has 18 heavy (non-hydrogen) atoms. The summed E-state index contributed by atoms with van der Waals surface area (Å²) in [5, 5.41) is 9.09. The Labute approximate surface area is 102 Å². The van der Waals surface area contributed by atoms with E-state index in [1.165, 1.54) is 6.33 Å². The third-order valence-electron chi connectivity index (χ3n) is 2.81. The second kappa shape index (κ2) is 4.48. The molecule has 0 aromatic carbocycles. The molecular weight excluding hydrogens is 238 g/mol. The predicted molar refractivity (Wildman–Crippen MR) is 61.6 cm³/mol. The minimum Gasteiger partial charge on any atom is -0.394 e. The van der Waals surface area contributed by atoms with Crippen molar-refractivity contribution < 1.29 is 14.6 Å². The quantitative estimate of drug-likeness (QED) is 0.727. The number of aromatic nitrogens is 4. The Morgan fingerprint density at radius 3 is 3.11 bits per heavy atom. The molecule has 8 heteroatoms. The number of aliphatic hydroxyl groups excluding tert-OH is 1. The molecule has 8 nitrogen and oxygen atoms in total. The fourth-order valence-electron chi connectivity index (χ4n) is 1.92. The lowest BCUT2D eigenvalue weighted by atomic mass is 10.3. The van der Waals surface area contributed by atoms with Gasteiger partial charge in [-0.15, -0.1) is 0 Å². The third kappa shape index (κ3) is 1.80. The van der Waals surface area contributed by atoms with Crippen molar-refractivity contribution in [2.45, 2.75) is 12.3 Å². The fourth-order valence-corrected chi connectivity index (χ4v) is 1.92. The Morgan fingerprint density at radius 2 is 2.28 bits per heavy atom. The molecule has 2 atom stereocenters. The minimum atomic E-state index is -0.366. The average Bonchev–Trinajstić information content (AvgIpc) is 2.84. The minimum absolute atomic E-state index is 0.0831. The lowest BCUT2D eigenvalue weighted by Gasteiger charge is -2.29. The van der Waals surface area contributed by atoms with Crippen LogP contribution in [-0.2, 0) is 9.47 Å². The number of anilines is 1. The van der Waals surface area contributed by atoms with Gasteiger partial charge in [-0.3, -0.25) is 4.57 Å². The summed E-state index contributed by atoms with van der Waals surface area (Å²) in [5.41, 5.74) is 6.84. The topological polar surface area (TPSA) is 108 Å². The molecule has 1 aliphatic heterocycles. The van der Waals surface area contributed by atoms with Crippen LogP contribution in [0.25, 0.3) is 11.2 Å². The van der Waals surface area contributed by atoms with Crippen molar-refractivity contribution in [1.29, 1.82) is 0 Å². The van der Waals surface area contributed by atoms with Crippen LogP contribution in [0.4, 0.5) is 5.82 Å². The van der Waals surface area contributed by atoms with Crippen molar-refractivity contribution in [2.75, 3.05) is 25.6 Å². The summed E-state index contributed by atoms with van der Waals surface area (Å²) in [6.45, 7) is 0.683. The molecule has 96 valence electrons. The van der Waals surface area contributed by atoms with E-state index < -0.39 is 0 Å². The predicted octanol–water partition coefficient (Wildman–Crippen LogP) is -0.685. The van der Waals surface area contributed by atoms with Gasteiger partial charge in [0.15, 0.2) is 17.7 Å².